The predicted octanol–water partition coefficient (Wildman–Crippen LogP) is 2.41. The zero-order chi connectivity index (χ0) is 10.1. The van der Waals surface area contributed by atoms with E-state index in [0.717, 1.165) is 12.8 Å². The third kappa shape index (κ3) is 2.30. The highest BCUT2D eigenvalue weighted by atomic mass is 35.5. The fourth-order valence-electron chi connectivity index (χ4n) is 1.65. The van der Waals surface area contributed by atoms with Crippen molar-refractivity contribution in [2.75, 3.05) is 0 Å². The second kappa shape index (κ2) is 4.63. The molecule has 0 saturated heterocycles. The summed E-state index contributed by atoms with van der Waals surface area (Å²) < 4.78 is 5.04. The standard InChI is InChI=1S/C9H12N2O3.ClH/c10-9(6-2-1-3-6)7-4-5-8(14-7)11(12)13;/h4-6,9H,1-3,10H2;1H/t9-;/m1./s1. The lowest BCUT2D eigenvalue weighted by Crippen LogP contribution is -2.26. The van der Waals surface area contributed by atoms with Gasteiger partial charge in [-0.05, 0) is 24.8 Å². The molecule has 0 spiro atoms. The van der Waals surface area contributed by atoms with Crippen molar-refractivity contribution in [1.82, 2.24) is 0 Å². The van der Waals surface area contributed by atoms with Crippen LogP contribution in [-0.4, -0.2) is 4.92 Å². The highest BCUT2D eigenvalue weighted by Crippen LogP contribution is 2.37. The SMILES string of the molecule is Cl.N[C@@H](c1ccc([N+](=O)[O-])o1)C1CCC1. The molecule has 5 nitrogen and oxygen atoms in total. The molecule has 2 rings (SSSR count). The second-order valence-electron chi connectivity index (χ2n) is 3.65. The number of nitro groups is 1. The molecule has 1 aromatic rings. The third-order valence-electron chi connectivity index (χ3n) is 2.78. The summed E-state index contributed by atoms with van der Waals surface area (Å²) in [6.07, 6.45) is 3.38. The molecule has 15 heavy (non-hydrogen) atoms. The van der Waals surface area contributed by atoms with Crippen molar-refractivity contribution in [1.29, 1.82) is 0 Å². The first-order valence-corrected chi connectivity index (χ1v) is 4.68. The predicted molar refractivity (Wildman–Crippen MR) is 56.9 cm³/mol. The summed E-state index contributed by atoms with van der Waals surface area (Å²) in [5.41, 5.74) is 5.90. The van der Waals surface area contributed by atoms with Gasteiger partial charge in [-0.15, -0.1) is 12.4 Å². The molecule has 0 unspecified atom stereocenters. The van der Waals surface area contributed by atoms with E-state index >= 15 is 0 Å². The Morgan fingerprint density at radius 2 is 2.20 bits per heavy atom. The van der Waals surface area contributed by atoms with Gasteiger partial charge in [0.15, 0.2) is 0 Å². The van der Waals surface area contributed by atoms with Gasteiger partial charge in [-0.3, -0.25) is 10.1 Å². The van der Waals surface area contributed by atoms with Gasteiger partial charge in [0.2, 0.25) is 0 Å². The average molecular weight is 233 g/mol. The molecule has 84 valence electrons. The summed E-state index contributed by atoms with van der Waals surface area (Å²) in [7, 11) is 0. The van der Waals surface area contributed by atoms with Gasteiger partial charge >= 0.3 is 5.88 Å². The molecule has 1 atom stereocenters. The van der Waals surface area contributed by atoms with Gasteiger partial charge in [-0.2, -0.15) is 0 Å². The van der Waals surface area contributed by atoms with Crippen molar-refractivity contribution in [3.05, 3.63) is 28.0 Å². The van der Waals surface area contributed by atoms with E-state index in [4.69, 9.17) is 10.2 Å². The van der Waals surface area contributed by atoms with Gasteiger partial charge in [0.25, 0.3) is 0 Å². The van der Waals surface area contributed by atoms with Gasteiger partial charge < -0.3 is 10.2 Å². The van der Waals surface area contributed by atoms with E-state index < -0.39 is 4.92 Å². The quantitative estimate of drug-likeness (QED) is 0.641. The fourth-order valence-corrected chi connectivity index (χ4v) is 1.65. The first-order valence-electron chi connectivity index (χ1n) is 4.68. The molecule has 1 heterocycles. The summed E-state index contributed by atoms with van der Waals surface area (Å²) in [4.78, 5) is 9.82. The molecule has 1 aliphatic rings. The molecule has 0 bridgehead atoms. The Morgan fingerprint density at radius 1 is 1.53 bits per heavy atom. The van der Waals surface area contributed by atoms with Crippen LogP contribution in [0.25, 0.3) is 0 Å². The number of rotatable bonds is 3. The number of hydrogen-bond acceptors (Lipinski definition) is 4. The first-order chi connectivity index (χ1) is 6.68. The molecule has 2 N–H and O–H groups in total. The lowest BCUT2D eigenvalue weighted by molar-refractivity contribution is -0.402. The minimum atomic E-state index is -0.545. The Kier molecular flexibility index (Phi) is 3.71. The van der Waals surface area contributed by atoms with Crippen molar-refractivity contribution >= 4 is 18.3 Å². The van der Waals surface area contributed by atoms with E-state index in [1.807, 2.05) is 0 Å². The molecule has 0 aliphatic heterocycles. The minimum absolute atomic E-state index is 0. The number of halogens is 1. The van der Waals surface area contributed by atoms with E-state index in [-0.39, 0.29) is 24.3 Å². The molecule has 1 fully saturated rings. The van der Waals surface area contributed by atoms with Crippen molar-refractivity contribution in [3.8, 4) is 0 Å². The summed E-state index contributed by atoms with van der Waals surface area (Å²) in [5.74, 6) is 0.733. The van der Waals surface area contributed by atoms with E-state index in [2.05, 4.69) is 0 Å². The van der Waals surface area contributed by atoms with Crippen LogP contribution in [-0.2, 0) is 0 Å². The van der Waals surface area contributed by atoms with E-state index in [9.17, 15) is 10.1 Å². The van der Waals surface area contributed by atoms with Crippen LogP contribution in [0.1, 0.15) is 31.1 Å². The van der Waals surface area contributed by atoms with Gasteiger partial charge in [0.05, 0.1) is 12.1 Å². The van der Waals surface area contributed by atoms with Crippen LogP contribution < -0.4 is 5.73 Å². The maximum atomic E-state index is 10.4. The van der Waals surface area contributed by atoms with Crippen LogP contribution in [0.4, 0.5) is 5.88 Å². The summed E-state index contributed by atoms with van der Waals surface area (Å²) in [6.45, 7) is 0. The second-order valence-corrected chi connectivity index (χ2v) is 3.65. The summed E-state index contributed by atoms with van der Waals surface area (Å²) in [6, 6.07) is 2.77. The molecule has 0 radical (unpaired) electrons. The maximum Gasteiger partial charge on any atom is 0.433 e. The Balaban J connectivity index is 0.00000112. The molecule has 1 aromatic heterocycles. The number of hydrogen-bond donors (Lipinski definition) is 1. The van der Waals surface area contributed by atoms with Gasteiger partial charge in [0, 0.05) is 0 Å². The lowest BCUT2D eigenvalue weighted by atomic mass is 9.79. The zero-order valence-corrected chi connectivity index (χ0v) is 8.90. The van der Waals surface area contributed by atoms with Crippen molar-refractivity contribution in [3.63, 3.8) is 0 Å². The number of nitrogens with zero attached hydrogens (tertiary/aromatic N) is 1. The van der Waals surface area contributed by atoms with E-state index in [1.54, 1.807) is 6.07 Å². The molecule has 1 saturated carbocycles. The van der Waals surface area contributed by atoms with Crippen LogP contribution >= 0.6 is 12.4 Å². The average Bonchev–Trinajstić information content (AvgIpc) is 2.48. The molecular formula is C9H13ClN2O3. The molecule has 6 heteroatoms. The summed E-state index contributed by atoms with van der Waals surface area (Å²) >= 11 is 0. The van der Waals surface area contributed by atoms with Crippen LogP contribution in [0.2, 0.25) is 0 Å². The normalized spacial score (nSPS) is 17.7. The highest BCUT2D eigenvalue weighted by Gasteiger charge is 2.28. The van der Waals surface area contributed by atoms with Crippen molar-refractivity contribution in [2.24, 2.45) is 11.7 Å². The fraction of sp³-hybridized carbons (Fsp3) is 0.556. The van der Waals surface area contributed by atoms with Crippen LogP contribution in [0.3, 0.4) is 0 Å². The first kappa shape index (κ1) is 12.0. The lowest BCUT2D eigenvalue weighted by Gasteiger charge is -2.29. The molecule has 0 aromatic carbocycles. The topological polar surface area (TPSA) is 82.3 Å². The van der Waals surface area contributed by atoms with Gasteiger partial charge in [-0.25, -0.2) is 0 Å². The highest BCUT2D eigenvalue weighted by molar-refractivity contribution is 5.85. The Hall–Kier alpha value is -1.07. The van der Waals surface area contributed by atoms with Crippen LogP contribution in [0, 0.1) is 16.0 Å². The number of nitrogens with two attached hydrogens (primary N) is 1. The molecule has 0 amide bonds. The minimum Gasteiger partial charge on any atom is -0.404 e. The smallest absolute Gasteiger partial charge is 0.404 e. The summed E-state index contributed by atoms with van der Waals surface area (Å²) in [5, 5.41) is 10.4. The third-order valence-corrected chi connectivity index (χ3v) is 2.78. The van der Waals surface area contributed by atoms with Crippen LogP contribution in [0.5, 0.6) is 0 Å². The molecular weight excluding hydrogens is 220 g/mol. The number of furan rings is 1. The van der Waals surface area contributed by atoms with Gasteiger partial charge in [0.1, 0.15) is 10.7 Å². The van der Waals surface area contributed by atoms with Gasteiger partial charge in [-0.1, -0.05) is 6.42 Å². The maximum absolute atomic E-state index is 10.4. The molecule has 1 aliphatic carbocycles. The Morgan fingerprint density at radius 3 is 2.60 bits per heavy atom. The monoisotopic (exact) mass is 232 g/mol. The zero-order valence-electron chi connectivity index (χ0n) is 8.09. The Labute approximate surface area is 93.2 Å². The van der Waals surface area contributed by atoms with Crippen LogP contribution in [0.15, 0.2) is 16.5 Å². The van der Waals surface area contributed by atoms with E-state index in [0.29, 0.717) is 11.7 Å². The Bertz CT molecular complexity index is 349. The van der Waals surface area contributed by atoms with Crippen molar-refractivity contribution in [2.45, 2.75) is 25.3 Å². The largest absolute Gasteiger partial charge is 0.433 e. The van der Waals surface area contributed by atoms with E-state index in [1.165, 1.54) is 12.5 Å². The van der Waals surface area contributed by atoms with Crippen molar-refractivity contribution < 1.29 is 9.34 Å².